The molecule has 10 heteroatoms. The van der Waals surface area contributed by atoms with Crippen molar-refractivity contribution in [3.8, 4) is 5.75 Å². The van der Waals surface area contributed by atoms with Crippen LogP contribution in [0.25, 0.3) is 10.9 Å². The first kappa shape index (κ1) is 24.8. The Bertz CT molecular complexity index is 1230. The maximum atomic E-state index is 14.6. The number of primary amides is 1. The molecule has 9 nitrogen and oxygen atoms in total. The summed E-state index contributed by atoms with van der Waals surface area (Å²) in [5.74, 6) is 0.407. The minimum absolute atomic E-state index is 0.331. The number of rotatable bonds is 10. The number of methoxy groups -OCH3 is 2. The fraction of sp³-hybridized carbons (Fsp3) is 0.400. The molecule has 1 aliphatic rings. The summed E-state index contributed by atoms with van der Waals surface area (Å²) in [6, 6.07) is 8.89. The highest BCUT2D eigenvalue weighted by Crippen LogP contribution is 2.34. The van der Waals surface area contributed by atoms with Crippen molar-refractivity contribution in [2.45, 2.75) is 19.0 Å². The molecule has 2 aromatic carbocycles. The summed E-state index contributed by atoms with van der Waals surface area (Å²) >= 11 is 0. The maximum absolute atomic E-state index is 14.6. The van der Waals surface area contributed by atoms with Gasteiger partial charge in [-0.25, -0.2) is 14.4 Å². The lowest BCUT2D eigenvalue weighted by Crippen LogP contribution is -2.74. The second-order valence-electron chi connectivity index (χ2n) is 8.92. The van der Waals surface area contributed by atoms with Gasteiger partial charge in [0, 0.05) is 50.3 Å². The van der Waals surface area contributed by atoms with Crippen LogP contribution < -0.4 is 15.8 Å². The summed E-state index contributed by atoms with van der Waals surface area (Å²) in [5.41, 5.74) is 7.41. The monoisotopic (exact) mass is 482 g/mol. The van der Waals surface area contributed by atoms with Crippen molar-refractivity contribution in [1.29, 1.82) is 0 Å². The van der Waals surface area contributed by atoms with Gasteiger partial charge in [-0.15, -0.1) is 0 Å². The van der Waals surface area contributed by atoms with Gasteiger partial charge in [0.15, 0.2) is 0 Å². The van der Waals surface area contributed by atoms with Crippen LogP contribution in [0.4, 0.5) is 15.9 Å². The van der Waals surface area contributed by atoms with E-state index in [1.807, 2.05) is 24.1 Å². The van der Waals surface area contributed by atoms with E-state index in [2.05, 4.69) is 20.2 Å². The molecule has 35 heavy (non-hydrogen) atoms. The topological polar surface area (TPSA) is 106 Å². The van der Waals surface area contributed by atoms with Crippen LogP contribution in [0.3, 0.4) is 0 Å². The quantitative estimate of drug-likeness (QED) is 0.454. The number of halogens is 1. The molecule has 0 bridgehead atoms. The summed E-state index contributed by atoms with van der Waals surface area (Å²) in [5, 5.41) is 3.81. The average Bonchev–Trinajstić information content (AvgIpc) is 2.81. The zero-order chi connectivity index (χ0) is 25.2. The largest absolute Gasteiger partial charge is 0.496 e. The van der Waals surface area contributed by atoms with Crippen LogP contribution in [0.1, 0.15) is 11.1 Å². The number of ether oxygens (including phenoxy) is 2. The van der Waals surface area contributed by atoms with E-state index < -0.39 is 5.54 Å². The molecule has 0 unspecified atom stereocenters. The van der Waals surface area contributed by atoms with Crippen molar-refractivity contribution in [2.75, 3.05) is 52.8 Å². The molecule has 0 saturated carbocycles. The molecule has 3 N–H and O–H groups in total. The number of aromatic nitrogens is 2. The van der Waals surface area contributed by atoms with E-state index in [4.69, 9.17) is 15.2 Å². The fourth-order valence-electron chi connectivity index (χ4n) is 4.48. The Morgan fingerprint density at radius 1 is 1.29 bits per heavy atom. The van der Waals surface area contributed by atoms with E-state index in [9.17, 15) is 9.18 Å². The highest BCUT2D eigenvalue weighted by atomic mass is 19.1. The molecule has 3 aromatic rings. The number of nitrogens with two attached hydrogens (primary N) is 1. The number of fused-ring (bicyclic) bond motifs is 1. The van der Waals surface area contributed by atoms with Gasteiger partial charge in [0.25, 0.3) is 0 Å². The van der Waals surface area contributed by atoms with Crippen LogP contribution in [0.15, 0.2) is 36.7 Å². The van der Waals surface area contributed by atoms with Gasteiger partial charge in [-0.1, -0.05) is 12.1 Å². The van der Waals surface area contributed by atoms with Gasteiger partial charge < -0.3 is 20.5 Å². The van der Waals surface area contributed by atoms with Crippen LogP contribution in [-0.4, -0.2) is 78.7 Å². The summed E-state index contributed by atoms with van der Waals surface area (Å²) in [6.45, 7) is 4.51. The second-order valence-corrected chi connectivity index (χ2v) is 8.92. The number of carbonyl (C=O) groups excluding carboxylic acids is 1. The Hall–Kier alpha value is -3.34. The summed E-state index contributed by atoms with van der Waals surface area (Å²) < 4.78 is 25.4. The lowest BCUT2D eigenvalue weighted by Gasteiger charge is -2.52. The Morgan fingerprint density at radius 3 is 2.74 bits per heavy atom. The number of nitrogens with zero attached hydrogens (tertiary/aromatic N) is 4. The van der Waals surface area contributed by atoms with Crippen molar-refractivity contribution in [3.05, 3.63) is 53.6 Å². The molecule has 186 valence electrons. The highest BCUT2D eigenvalue weighted by Gasteiger charge is 2.50. The number of likely N-dealkylation sites (N-methyl/N-ethyl adjacent to an activating group) is 1. The zero-order valence-electron chi connectivity index (χ0n) is 20.5. The molecule has 0 radical (unpaired) electrons. The lowest BCUT2D eigenvalue weighted by molar-refractivity contribution is -0.143. The van der Waals surface area contributed by atoms with Gasteiger partial charge in [0.05, 0.1) is 24.9 Å². The van der Waals surface area contributed by atoms with E-state index in [0.29, 0.717) is 60.0 Å². The Balaban J connectivity index is 1.65. The van der Waals surface area contributed by atoms with Crippen molar-refractivity contribution in [2.24, 2.45) is 5.73 Å². The first-order chi connectivity index (χ1) is 16.8. The third-order valence-electron chi connectivity index (χ3n) is 6.66. The van der Waals surface area contributed by atoms with Crippen molar-refractivity contribution in [1.82, 2.24) is 19.8 Å². The first-order valence-corrected chi connectivity index (χ1v) is 11.3. The van der Waals surface area contributed by atoms with Crippen molar-refractivity contribution < 1.29 is 18.7 Å². The number of aryl methyl sites for hydroxylation is 1. The molecule has 4 rings (SSSR count). The summed E-state index contributed by atoms with van der Waals surface area (Å²) in [6.07, 6.45) is 1.43. The van der Waals surface area contributed by atoms with Crippen molar-refractivity contribution >= 4 is 28.3 Å². The van der Waals surface area contributed by atoms with Gasteiger partial charge in [0.1, 0.15) is 29.3 Å². The highest BCUT2D eigenvalue weighted by molar-refractivity contribution is 5.92. The average molecular weight is 483 g/mol. The Labute approximate surface area is 204 Å². The number of carbonyl (C=O) groups is 1. The second kappa shape index (κ2) is 10.1. The van der Waals surface area contributed by atoms with Crippen LogP contribution in [0.2, 0.25) is 0 Å². The van der Waals surface area contributed by atoms with Crippen LogP contribution in [-0.2, 0) is 16.1 Å². The fourth-order valence-corrected chi connectivity index (χ4v) is 4.48. The molecular formula is C25H31FN6O3. The van der Waals surface area contributed by atoms with Gasteiger partial charge in [-0.05, 0) is 31.7 Å². The maximum Gasteiger partial charge on any atom is 0.240 e. The number of nitrogens with one attached hydrogen (secondary N) is 1. The van der Waals surface area contributed by atoms with Gasteiger partial charge in [0.2, 0.25) is 5.91 Å². The van der Waals surface area contributed by atoms with E-state index in [1.54, 1.807) is 39.3 Å². The van der Waals surface area contributed by atoms with E-state index >= 15 is 0 Å². The summed E-state index contributed by atoms with van der Waals surface area (Å²) in [4.78, 5) is 25.3. The normalized spacial score (nSPS) is 15.3. The number of hydrogen-bond donors (Lipinski definition) is 2. The molecule has 0 aliphatic carbocycles. The molecule has 2 heterocycles. The third kappa shape index (κ3) is 4.77. The van der Waals surface area contributed by atoms with Crippen molar-refractivity contribution in [3.63, 3.8) is 0 Å². The van der Waals surface area contributed by atoms with E-state index in [0.717, 1.165) is 12.1 Å². The first-order valence-electron chi connectivity index (χ1n) is 11.3. The molecule has 1 amide bonds. The van der Waals surface area contributed by atoms with Crippen LogP contribution >= 0.6 is 0 Å². The lowest BCUT2D eigenvalue weighted by atomic mass is 9.86. The minimum atomic E-state index is -0.785. The predicted molar refractivity (Wildman–Crippen MR) is 132 cm³/mol. The standard InChI is InChI=1S/C25H31FN6O3/c1-16-6-5-7-19(22(16)26)30-23-18-10-17(21(35-4)11-20(18)28-15-29-23)12-31(2)25(24(27)33)13-32(14-25)8-9-34-3/h5-7,10-11,15H,8-9,12-14H2,1-4H3,(H2,27,33)(H,28,29,30). The molecule has 1 aromatic heterocycles. The number of benzene rings is 2. The Morgan fingerprint density at radius 2 is 2.06 bits per heavy atom. The molecule has 1 saturated heterocycles. The van der Waals surface area contributed by atoms with Crippen LogP contribution in [0.5, 0.6) is 5.75 Å². The van der Waals surface area contributed by atoms with E-state index in [1.165, 1.54) is 6.33 Å². The molecule has 0 spiro atoms. The smallest absolute Gasteiger partial charge is 0.240 e. The Kier molecular flexibility index (Phi) is 7.15. The predicted octanol–water partition coefficient (Wildman–Crippen LogP) is 2.45. The number of likely N-dealkylation sites (tertiary alicyclic amines) is 1. The zero-order valence-corrected chi connectivity index (χ0v) is 20.5. The SMILES string of the molecule is COCCN1CC(C(N)=O)(N(C)Cc2cc3c(Nc4cccc(C)c4F)ncnc3cc2OC)C1. The minimum Gasteiger partial charge on any atom is -0.496 e. The van der Waals surface area contributed by atoms with Gasteiger partial charge in [-0.3, -0.25) is 14.6 Å². The third-order valence-corrected chi connectivity index (χ3v) is 6.66. The molecular weight excluding hydrogens is 451 g/mol. The van der Waals surface area contributed by atoms with Crippen LogP contribution in [0, 0.1) is 12.7 Å². The van der Waals surface area contributed by atoms with E-state index in [-0.39, 0.29) is 11.7 Å². The summed E-state index contributed by atoms with van der Waals surface area (Å²) in [7, 11) is 5.12. The molecule has 1 fully saturated rings. The van der Waals surface area contributed by atoms with Gasteiger partial charge in [-0.2, -0.15) is 0 Å². The molecule has 1 aliphatic heterocycles. The number of hydrogen-bond acceptors (Lipinski definition) is 8. The number of amides is 1. The van der Waals surface area contributed by atoms with Gasteiger partial charge >= 0.3 is 0 Å². The molecule has 0 atom stereocenters. The number of anilines is 2.